The van der Waals surface area contributed by atoms with Crippen LogP contribution in [0.5, 0.6) is 0 Å². The number of fused-ring (bicyclic) bond motifs is 1. The summed E-state index contributed by atoms with van der Waals surface area (Å²) in [6.45, 7) is 1.81. The van der Waals surface area contributed by atoms with Gasteiger partial charge >= 0.3 is 6.18 Å². The molecule has 1 aromatic heterocycles. The van der Waals surface area contributed by atoms with Crippen LogP contribution in [0.15, 0.2) is 24.4 Å². The average Bonchev–Trinajstić information content (AvgIpc) is 2.55. The second-order valence-electron chi connectivity index (χ2n) is 4.21. The summed E-state index contributed by atoms with van der Waals surface area (Å²) < 4.78 is 39.4. The van der Waals surface area contributed by atoms with Gasteiger partial charge in [-0.25, -0.2) is 0 Å². The lowest BCUT2D eigenvalue weighted by Gasteiger charge is -2.07. The van der Waals surface area contributed by atoms with E-state index in [-0.39, 0.29) is 6.04 Å². The number of hydrogen-bond acceptors (Lipinski definition) is 1. The fourth-order valence-electron chi connectivity index (χ4n) is 1.95. The summed E-state index contributed by atoms with van der Waals surface area (Å²) in [5.74, 6) is 0. The Bertz CT molecular complexity index is 553. The van der Waals surface area contributed by atoms with Gasteiger partial charge in [0.2, 0.25) is 0 Å². The summed E-state index contributed by atoms with van der Waals surface area (Å²) in [5, 5.41) is 0.774. The molecular weight excluding hydrogens is 229 g/mol. The standard InChI is InChI=1S/C12H13F3N2/c1-7(16)10-6-17(2)11-5-8(12(13,14)15)3-4-9(10)11/h3-7H,16H2,1-2H3. The van der Waals surface area contributed by atoms with Crippen molar-refractivity contribution < 1.29 is 13.2 Å². The van der Waals surface area contributed by atoms with Crippen LogP contribution in [0.25, 0.3) is 10.9 Å². The van der Waals surface area contributed by atoms with Crippen LogP contribution in [-0.2, 0) is 13.2 Å². The zero-order chi connectivity index (χ0) is 12.8. The summed E-state index contributed by atoms with van der Waals surface area (Å²) in [4.78, 5) is 0. The Hall–Kier alpha value is -1.49. The maximum atomic E-state index is 12.6. The van der Waals surface area contributed by atoms with Gasteiger partial charge in [0.05, 0.1) is 5.56 Å². The molecule has 2 nitrogen and oxygen atoms in total. The third kappa shape index (κ3) is 2.02. The molecule has 0 amide bonds. The third-order valence-corrected chi connectivity index (χ3v) is 2.84. The molecule has 2 aromatic rings. The largest absolute Gasteiger partial charge is 0.416 e. The highest BCUT2D eigenvalue weighted by molar-refractivity contribution is 5.85. The van der Waals surface area contributed by atoms with Gasteiger partial charge in [0.15, 0.2) is 0 Å². The molecule has 1 aromatic carbocycles. The zero-order valence-corrected chi connectivity index (χ0v) is 9.55. The van der Waals surface area contributed by atoms with Gasteiger partial charge in [0.1, 0.15) is 0 Å². The molecular formula is C12H13F3N2. The normalized spacial score (nSPS) is 14.2. The van der Waals surface area contributed by atoms with Gasteiger partial charge in [-0.05, 0) is 24.6 Å². The Morgan fingerprint density at radius 3 is 2.47 bits per heavy atom. The highest BCUT2D eigenvalue weighted by Gasteiger charge is 2.31. The van der Waals surface area contributed by atoms with Crippen LogP contribution in [0, 0.1) is 0 Å². The molecule has 0 aliphatic rings. The van der Waals surface area contributed by atoms with Crippen LogP contribution < -0.4 is 5.73 Å². The van der Waals surface area contributed by atoms with E-state index in [2.05, 4.69) is 0 Å². The molecule has 2 N–H and O–H groups in total. The molecule has 0 saturated heterocycles. The van der Waals surface area contributed by atoms with Gasteiger partial charge < -0.3 is 10.3 Å². The van der Waals surface area contributed by atoms with Gasteiger partial charge in [-0.1, -0.05) is 6.07 Å². The van der Waals surface area contributed by atoms with E-state index in [0.717, 1.165) is 23.1 Å². The fourth-order valence-corrected chi connectivity index (χ4v) is 1.95. The SMILES string of the molecule is CC(N)c1cn(C)c2cc(C(F)(F)F)ccc12. The highest BCUT2D eigenvalue weighted by Crippen LogP contribution is 2.33. The van der Waals surface area contributed by atoms with Crippen molar-refractivity contribution in [1.82, 2.24) is 4.57 Å². The Morgan fingerprint density at radius 1 is 1.29 bits per heavy atom. The van der Waals surface area contributed by atoms with Crippen LogP contribution >= 0.6 is 0 Å². The van der Waals surface area contributed by atoms with Crippen molar-refractivity contribution in [3.05, 3.63) is 35.5 Å². The van der Waals surface area contributed by atoms with Gasteiger partial charge in [-0.15, -0.1) is 0 Å². The molecule has 1 heterocycles. The molecule has 0 radical (unpaired) electrons. The quantitative estimate of drug-likeness (QED) is 0.817. The molecule has 0 fully saturated rings. The van der Waals surface area contributed by atoms with Gasteiger partial charge in [0, 0.05) is 30.2 Å². The maximum absolute atomic E-state index is 12.6. The maximum Gasteiger partial charge on any atom is 0.416 e. The molecule has 1 unspecified atom stereocenters. The summed E-state index contributed by atoms with van der Waals surface area (Å²) in [5.41, 5.74) is 6.55. The second-order valence-corrected chi connectivity index (χ2v) is 4.21. The van der Waals surface area contributed by atoms with Crippen molar-refractivity contribution in [1.29, 1.82) is 0 Å². The first-order chi connectivity index (χ1) is 7.80. The number of aryl methyl sites for hydroxylation is 1. The molecule has 0 aliphatic carbocycles. The molecule has 17 heavy (non-hydrogen) atoms. The van der Waals surface area contributed by atoms with Crippen molar-refractivity contribution >= 4 is 10.9 Å². The van der Waals surface area contributed by atoms with Gasteiger partial charge in [-0.2, -0.15) is 13.2 Å². The zero-order valence-electron chi connectivity index (χ0n) is 9.55. The number of aromatic nitrogens is 1. The molecule has 5 heteroatoms. The number of nitrogens with zero attached hydrogens (tertiary/aromatic N) is 1. The molecule has 2 rings (SSSR count). The van der Waals surface area contributed by atoms with Crippen LogP contribution in [0.1, 0.15) is 24.1 Å². The Morgan fingerprint density at radius 2 is 1.94 bits per heavy atom. The monoisotopic (exact) mass is 242 g/mol. The van der Waals surface area contributed by atoms with Crippen LogP contribution in [-0.4, -0.2) is 4.57 Å². The summed E-state index contributed by atoms with van der Waals surface area (Å²) >= 11 is 0. The van der Waals surface area contributed by atoms with E-state index in [4.69, 9.17) is 5.73 Å². The average molecular weight is 242 g/mol. The van der Waals surface area contributed by atoms with E-state index in [1.165, 1.54) is 6.07 Å². The summed E-state index contributed by atoms with van der Waals surface area (Å²) in [6, 6.07) is 3.53. The van der Waals surface area contributed by atoms with E-state index in [9.17, 15) is 13.2 Å². The number of alkyl halides is 3. The van der Waals surface area contributed by atoms with Crippen molar-refractivity contribution in [3.63, 3.8) is 0 Å². The first kappa shape index (κ1) is 12.0. The van der Waals surface area contributed by atoms with Crippen LogP contribution in [0.2, 0.25) is 0 Å². The molecule has 1 atom stereocenters. The van der Waals surface area contributed by atoms with Crippen molar-refractivity contribution in [3.8, 4) is 0 Å². The smallest absolute Gasteiger partial charge is 0.350 e. The third-order valence-electron chi connectivity index (χ3n) is 2.84. The summed E-state index contributed by atoms with van der Waals surface area (Å²) in [7, 11) is 1.72. The first-order valence-electron chi connectivity index (χ1n) is 5.22. The molecule has 92 valence electrons. The predicted octanol–water partition coefficient (Wildman–Crippen LogP) is 3.22. The van der Waals surface area contributed by atoms with E-state index < -0.39 is 11.7 Å². The Balaban J connectivity index is 2.68. The molecule has 0 spiro atoms. The fraction of sp³-hybridized carbons (Fsp3) is 0.333. The predicted molar refractivity (Wildman–Crippen MR) is 60.5 cm³/mol. The lowest BCUT2D eigenvalue weighted by Crippen LogP contribution is -2.05. The minimum atomic E-state index is -4.31. The minimum Gasteiger partial charge on any atom is -0.350 e. The number of nitrogens with two attached hydrogens (primary N) is 1. The van der Waals surface area contributed by atoms with Crippen molar-refractivity contribution in [2.75, 3.05) is 0 Å². The topological polar surface area (TPSA) is 30.9 Å². The Labute approximate surface area is 96.8 Å². The lowest BCUT2D eigenvalue weighted by molar-refractivity contribution is -0.137. The second kappa shape index (κ2) is 3.77. The van der Waals surface area contributed by atoms with Gasteiger partial charge in [-0.3, -0.25) is 0 Å². The van der Waals surface area contributed by atoms with E-state index in [1.54, 1.807) is 17.8 Å². The number of rotatable bonds is 1. The lowest BCUT2D eigenvalue weighted by atomic mass is 10.1. The van der Waals surface area contributed by atoms with Gasteiger partial charge in [0.25, 0.3) is 0 Å². The van der Waals surface area contributed by atoms with Crippen molar-refractivity contribution in [2.45, 2.75) is 19.1 Å². The van der Waals surface area contributed by atoms with Crippen LogP contribution in [0.3, 0.4) is 0 Å². The first-order valence-corrected chi connectivity index (χ1v) is 5.22. The van der Waals surface area contributed by atoms with Crippen LogP contribution in [0.4, 0.5) is 13.2 Å². The number of benzene rings is 1. The van der Waals surface area contributed by atoms with E-state index in [0.29, 0.717) is 5.52 Å². The molecule has 0 saturated carbocycles. The number of halogens is 3. The molecule has 0 aliphatic heterocycles. The van der Waals surface area contributed by atoms with E-state index in [1.807, 2.05) is 6.92 Å². The summed E-state index contributed by atoms with van der Waals surface area (Å²) in [6.07, 6.45) is -2.54. The minimum absolute atomic E-state index is 0.199. The molecule has 0 bridgehead atoms. The Kier molecular flexibility index (Phi) is 2.66. The van der Waals surface area contributed by atoms with Crippen molar-refractivity contribution in [2.24, 2.45) is 12.8 Å². The highest BCUT2D eigenvalue weighted by atomic mass is 19.4. The number of hydrogen-bond donors (Lipinski definition) is 1. The van der Waals surface area contributed by atoms with E-state index >= 15 is 0 Å².